The van der Waals surface area contributed by atoms with Crippen molar-refractivity contribution < 1.29 is 23.8 Å². The van der Waals surface area contributed by atoms with Crippen LogP contribution in [0.4, 0.5) is 4.79 Å². The van der Waals surface area contributed by atoms with Crippen molar-refractivity contribution in [1.29, 1.82) is 0 Å². The Kier molecular flexibility index (Phi) is 5.61. The van der Waals surface area contributed by atoms with Crippen molar-refractivity contribution in [2.24, 2.45) is 5.92 Å². The second-order valence-electron chi connectivity index (χ2n) is 6.65. The average Bonchev–Trinajstić information content (AvgIpc) is 2.72. The fourth-order valence-corrected chi connectivity index (χ4v) is 2.54. The van der Waals surface area contributed by atoms with E-state index in [9.17, 15) is 9.59 Å². The van der Waals surface area contributed by atoms with E-state index in [1.807, 2.05) is 34.6 Å². The molecule has 0 aromatic rings. The van der Waals surface area contributed by atoms with Crippen LogP contribution >= 0.6 is 0 Å². The highest BCUT2D eigenvalue weighted by molar-refractivity contribution is 5.76. The van der Waals surface area contributed by atoms with Crippen molar-refractivity contribution in [3.63, 3.8) is 0 Å². The van der Waals surface area contributed by atoms with E-state index in [4.69, 9.17) is 14.2 Å². The fraction of sp³-hybridized carbons (Fsp3) is 0.867. The number of hydrogen-bond donors (Lipinski definition) is 0. The van der Waals surface area contributed by atoms with Gasteiger partial charge in [-0.15, -0.1) is 0 Å². The average molecular weight is 301 g/mol. The van der Waals surface area contributed by atoms with Gasteiger partial charge in [-0.25, -0.2) is 4.79 Å². The van der Waals surface area contributed by atoms with Gasteiger partial charge >= 0.3 is 12.1 Å². The second-order valence-corrected chi connectivity index (χ2v) is 6.65. The van der Waals surface area contributed by atoms with Crippen molar-refractivity contribution in [3.05, 3.63) is 0 Å². The Morgan fingerprint density at radius 2 is 1.95 bits per heavy atom. The maximum Gasteiger partial charge on any atom is 0.410 e. The van der Waals surface area contributed by atoms with E-state index in [1.54, 1.807) is 4.90 Å². The first-order valence-electron chi connectivity index (χ1n) is 7.29. The summed E-state index contributed by atoms with van der Waals surface area (Å²) in [5, 5.41) is 0. The highest BCUT2D eigenvalue weighted by Crippen LogP contribution is 2.35. The third kappa shape index (κ3) is 4.59. The zero-order valence-electron chi connectivity index (χ0n) is 13.9. The van der Waals surface area contributed by atoms with Crippen molar-refractivity contribution in [2.45, 2.75) is 52.2 Å². The Balaban J connectivity index is 2.90. The highest BCUT2D eigenvalue weighted by atomic mass is 16.6. The number of amides is 1. The van der Waals surface area contributed by atoms with E-state index < -0.39 is 17.2 Å². The quantitative estimate of drug-likeness (QED) is 0.745. The molecule has 1 aliphatic heterocycles. The third-order valence-corrected chi connectivity index (χ3v) is 3.51. The van der Waals surface area contributed by atoms with Crippen LogP contribution in [0.15, 0.2) is 0 Å². The summed E-state index contributed by atoms with van der Waals surface area (Å²) in [5.41, 5.74) is -1.13. The Hall–Kier alpha value is -1.30. The Morgan fingerprint density at radius 1 is 1.33 bits per heavy atom. The lowest BCUT2D eigenvalue weighted by Crippen LogP contribution is -2.50. The highest BCUT2D eigenvalue weighted by Gasteiger charge is 2.48. The molecule has 0 aliphatic carbocycles. The summed E-state index contributed by atoms with van der Waals surface area (Å²) in [6.45, 7) is 10.5. The van der Waals surface area contributed by atoms with Gasteiger partial charge in [0.05, 0.1) is 25.2 Å². The van der Waals surface area contributed by atoms with Gasteiger partial charge in [0.25, 0.3) is 0 Å². The summed E-state index contributed by atoms with van der Waals surface area (Å²) in [5.74, 6) is -0.642. The van der Waals surface area contributed by atoms with E-state index in [0.29, 0.717) is 26.2 Å². The van der Waals surface area contributed by atoms with Crippen LogP contribution in [-0.2, 0) is 19.0 Å². The van der Waals surface area contributed by atoms with E-state index in [0.717, 1.165) is 0 Å². The number of carbonyl (C=O) groups is 2. The molecule has 0 saturated carbocycles. The number of esters is 1. The van der Waals surface area contributed by atoms with Crippen molar-refractivity contribution in [2.75, 3.05) is 26.9 Å². The largest absolute Gasteiger partial charge is 0.469 e. The first kappa shape index (κ1) is 17.8. The van der Waals surface area contributed by atoms with Crippen LogP contribution in [0.25, 0.3) is 0 Å². The zero-order chi connectivity index (χ0) is 16.3. The van der Waals surface area contributed by atoms with Gasteiger partial charge in [-0.3, -0.25) is 9.69 Å². The summed E-state index contributed by atoms with van der Waals surface area (Å²) in [7, 11) is 1.36. The fourth-order valence-electron chi connectivity index (χ4n) is 2.54. The minimum Gasteiger partial charge on any atom is -0.469 e. The predicted octanol–water partition coefficient (Wildman–Crippen LogP) is 2.21. The van der Waals surface area contributed by atoms with Crippen LogP contribution in [0.5, 0.6) is 0 Å². The van der Waals surface area contributed by atoms with Gasteiger partial charge in [-0.1, -0.05) is 0 Å². The molecule has 1 amide bonds. The Labute approximate surface area is 126 Å². The summed E-state index contributed by atoms with van der Waals surface area (Å²) < 4.78 is 15.7. The molecule has 21 heavy (non-hydrogen) atoms. The molecule has 1 fully saturated rings. The van der Waals surface area contributed by atoms with Crippen molar-refractivity contribution >= 4 is 12.1 Å². The van der Waals surface area contributed by atoms with Gasteiger partial charge in [0.2, 0.25) is 0 Å². The maximum absolute atomic E-state index is 12.4. The lowest BCUT2D eigenvalue weighted by molar-refractivity contribution is -0.145. The van der Waals surface area contributed by atoms with Gasteiger partial charge in [0, 0.05) is 13.2 Å². The topological polar surface area (TPSA) is 65.1 Å². The minimum atomic E-state index is -0.576. The molecule has 1 aliphatic rings. The van der Waals surface area contributed by atoms with Gasteiger partial charge in [-0.2, -0.15) is 0 Å². The molecular formula is C15H27NO5. The molecular weight excluding hydrogens is 274 g/mol. The molecule has 1 rings (SSSR count). The molecule has 6 nitrogen and oxygen atoms in total. The van der Waals surface area contributed by atoms with Gasteiger partial charge in [0.1, 0.15) is 5.60 Å². The van der Waals surface area contributed by atoms with E-state index in [2.05, 4.69) is 0 Å². The normalized spacial score (nSPS) is 25.8. The molecule has 0 aromatic heterocycles. The molecule has 1 unspecified atom stereocenters. The Morgan fingerprint density at radius 3 is 2.43 bits per heavy atom. The molecule has 6 heteroatoms. The molecule has 0 aromatic carbocycles. The van der Waals surface area contributed by atoms with Crippen molar-refractivity contribution in [1.82, 2.24) is 4.90 Å². The van der Waals surface area contributed by atoms with Crippen molar-refractivity contribution in [3.8, 4) is 0 Å². The van der Waals surface area contributed by atoms with Gasteiger partial charge in [-0.05, 0) is 41.0 Å². The van der Waals surface area contributed by atoms with Crippen LogP contribution in [0.2, 0.25) is 0 Å². The van der Waals surface area contributed by atoms with E-state index in [1.165, 1.54) is 7.11 Å². The molecule has 122 valence electrons. The molecule has 0 bridgehead atoms. The Bertz CT molecular complexity index is 390. The molecule has 0 spiro atoms. The molecule has 0 radical (unpaired) electrons. The second kappa shape index (κ2) is 6.64. The molecule has 2 atom stereocenters. The lowest BCUT2D eigenvalue weighted by Gasteiger charge is -2.35. The molecule has 1 saturated heterocycles. The number of rotatable bonds is 4. The minimum absolute atomic E-state index is 0.297. The first-order chi connectivity index (χ1) is 9.63. The molecule has 0 N–H and O–H groups in total. The third-order valence-electron chi connectivity index (χ3n) is 3.51. The predicted molar refractivity (Wildman–Crippen MR) is 78.0 cm³/mol. The summed E-state index contributed by atoms with van der Waals surface area (Å²) in [4.78, 5) is 25.8. The van der Waals surface area contributed by atoms with E-state index >= 15 is 0 Å². The monoisotopic (exact) mass is 301 g/mol. The van der Waals surface area contributed by atoms with Crippen LogP contribution in [-0.4, -0.2) is 55.0 Å². The first-order valence-corrected chi connectivity index (χ1v) is 7.29. The van der Waals surface area contributed by atoms with Crippen LogP contribution in [0.3, 0.4) is 0 Å². The number of nitrogens with zero attached hydrogens (tertiary/aromatic N) is 1. The van der Waals surface area contributed by atoms with E-state index in [-0.39, 0.29) is 11.9 Å². The number of hydrogen-bond acceptors (Lipinski definition) is 5. The summed E-state index contributed by atoms with van der Waals surface area (Å²) >= 11 is 0. The number of likely N-dealkylation sites (tertiary alicyclic amines) is 1. The SMILES string of the molecule is CCOC[C@]1(C)CC(C(=O)OC)CN1C(=O)OC(C)(C)C. The molecule has 1 heterocycles. The number of carbonyl (C=O) groups excluding carboxylic acids is 2. The number of ether oxygens (including phenoxy) is 3. The standard InChI is InChI=1S/C15H27NO5/c1-7-20-10-15(5)8-11(12(17)19-6)9-16(15)13(18)21-14(2,3)4/h11H,7-10H2,1-6H3/t11?,15-/m0/s1. The number of methoxy groups -OCH3 is 1. The van der Waals surface area contributed by atoms with Gasteiger partial charge in [0.15, 0.2) is 0 Å². The summed E-state index contributed by atoms with van der Waals surface area (Å²) in [6.07, 6.45) is 0.0925. The van der Waals surface area contributed by atoms with Crippen LogP contribution < -0.4 is 0 Å². The maximum atomic E-state index is 12.4. The van der Waals surface area contributed by atoms with Crippen LogP contribution in [0.1, 0.15) is 41.0 Å². The van der Waals surface area contributed by atoms with Gasteiger partial charge < -0.3 is 14.2 Å². The van der Waals surface area contributed by atoms with Crippen LogP contribution in [0, 0.1) is 5.92 Å². The smallest absolute Gasteiger partial charge is 0.410 e. The zero-order valence-corrected chi connectivity index (χ0v) is 13.9. The lowest BCUT2D eigenvalue weighted by atomic mass is 9.95. The summed E-state index contributed by atoms with van der Waals surface area (Å²) in [6, 6.07) is 0.